The van der Waals surface area contributed by atoms with Crippen LogP contribution in [0.4, 0.5) is 0 Å². The van der Waals surface area contributed by atoms with E-state index in [-0.39, 0.29) is 29.6 Å². The number of rotatable bonds is 8. The number of likely N-dealkylation sites (tertiary alicyclic amines) is 1. The Balaban J connectivity index is 0.00000312. The molecule has 25 heavy (non-hydrogen) atoms. The summed E-state index contributed by atoms with van der Waals surface area (Å²) in [6.45, 7) is 10.5. The first-order valence-corrected chi connectivity index (χ1v) is 9.53. The molecule has 2 aliphatic rings. The predicted octanol–water partition coefficient (Wildman–Crippen LogP) is 2.52. The van der Waals surface area contributed by atoms with Crippen LogP contribution in [0.15, 0.2) is 4.99 Å². The van der Waals surface area contributed by atoms with Crippen molar-refractivity contribution >= 4 is 35.8 Å². The van der Waals surface area contributed by atoms with Gasteiger partial charge in [-0.3, -0.25) is 9.79 Å². The van der Waals surface area contributed by atoms with E-state index in [2.05, 4.69) is 36.3 Å². The number of aliphatic imine (C=N–C) groups is 1. The minimum atomic E-state index is -0.115. The van der Waals surface area contributed by atoms with Crippen LogP contribution < -0.4 is 10.6 Å². The van der Waals surface area contributed by atoms with E-state index >= 15 is 0 Å². The Morgan fingerprint density at radius 3 is 2.72 bits per heavy atom. The fourth-order valence-electron chi connectivity index (χ4n) is 3.54. The highest BCUT2D eigenvalue weighted by Gasteiger charge is 2.29. The molecule has 146 valence electrons. The number of carbonyl (C=O) groups is 1. The third kappa shape index (κ3) is 6.92. The maximum atomic E-state index is 11.9. The van der Waals surface area contributed by atoms with Crippen molar-refractivity contribution in [1.82, 2.24) is 15.5 Å². The molecule has 0 radical (unpaired) electrons. The van der Waals surface area contributed by atoms with Gasteiger partial charge in [0.2, 0.25) is 5.91 Å². The van der Waals surface area contributed by atoms with E-state index in [0.29, 0.717) is 24.9 Å². The highest BCUT2D eigenvalue weighted by atomic mass is 127. The average Bonchev–Trinajstić information content (AvgIpc) is 3.18. The molecule has 2 aliphatic heterocycles. The van der Waals surface area contributed by atoms with E-state index < -0.39 is 0 Å². The molecule has 0 bridgehead atoms. The molecule has 2 N–H and O–H groups in total. The molecule has 2 heterocycles. The summed E-state index contributed by atoms with van der Waals surface area (Å²) in [6.07, 6.45) is 5.88. The summed E-state index contributed by atoms with van der Waals surface area (Å²) < 4.78 is 5.80. The third-order valence-corrected chi connectivity index (χ3v) is 5.01. The monoisotopic (exact) mass is 466 g/mol. The van der Waals surface area contributed by atoms with Crippen LogP contribution in [0.1, 0.15) is 59.3 Å². The minimum absolute atomic E-state index is 0. The zero-order valence-corrected chi connectivity index (χ0v) is 18.3. The number of carbonyl (C=O) groups excluding carboxylic acids is 1. The maximum Gasteiger partial charge on any atom is 0.222 e. The van der Waals surface area contributed by atoms with E-state index in [0.717, 1.165) is 64.3 Å². The van der Waals surface area contributed by atoms with Crippen molar-refractivity contribution < 1.29 is 9.53 Å². The Morgan fingerprint density at radius 1 is 1.36 bits per heavy atom. The number of amides is 1. The smallest absolute Gasteiger partial charge is 0.222 e. The van der Waals surface area contributed by atoms with Gasteiger partial charge < -0.3 is 20.3 Å². The van der Waals surface area contributed by atoms with Gasteiger partial charge in [0.25, 0.3) is 0 Å². The van der Waals surface area contributed by atoms with Crippen molar-refractivity contribution in [1.29, 1.82) is 0 Å². The molecule has 2 atom stereocenters. The van der Waals surface area contributed by atoms with Gasteiger partial charge in [-0.1, -0.05) is 6.92 Å². The van der Waals surface area contributed by atoms with E-state index in [1.54, 1.807) is 0 Å². The predicted molar refractivity (Wildman–Crippen MR) is 113 cm³/mol. The lowest BCUT2D eigenvalue weighted by Gasteiger charge is -2.27. The van der Waals surface area contributed by atoms with Gasteiger partial charge >= 0.3 is 0 Å². The van der Waals surface area contributed by atoms with Crippen molar-refractivity contribution in [2.45, 2.75) is 70.9 Å². The van der Waals surface area contributed by atoms with Crippen LogP contribution in [0, 0.1) is 0 Å². The summed E-state index contributed by atoms with van der Waals surface area (Å²) in [4.78, 5) is 18.7. The van der Waals surface area contributed by atoms with E-state index in [4.69, 9.17) is 9.73 Å². The Morgan fingerprint density at radius 2 is 2.16 bits per heavy atom. The molecule has 0 aromatic rings. The number of hydrogen-bond acceptors (Lipinski definition) is 3. The molecule has 2 unspecified atom stereocenters. The first kappa shape index (κ1) is 22.5. The van der Waals surface area contributed by atoms with Crippen LogP contribution in [0.5, 0.6) is 0 Å². The molecular weight excluding hydrogens is 431 g/mol. The van der Waals surface area contributed by atoms with Crippen LogP contribution in [0.25, 0.3) is 0 Å². The highest BCUT2D eigenvalue weighted by molar-refractivity contribution is 14.0. The van der Waals surface area contributed by atoms with Crippen LogP contribution in [0.2, 0.25) is 0 Å². The molecule has 6 nitrogen and oxygen atoms in total. The summed E-state index contributed by atoms with van der Waals surface area (Å²) in [5, 5.41) is 6.71. The summed E-state index contributed by atoms with van der Waals surface area (Å²) >= 11 is 0. The topological polar surface area (TPSA) is 66.0 Å². The number of hydrogen-bond donors (Lipinski definition) is 2. The van der Waals surface area contributed by atoms with Crippen LogP contribution in [-0.2, 0) is 9.53 Å². The van der Waals surface area contributed by atoms with E-state index in [1.807, 2.05) is 0 Å². The summed E-state index contributed by atoms with van der Waals surface area (Å²) in [6, 6.07) is 0.339. The Kier molecular flexibility index (Phi) is 10.1. The van der Waals surface area contributed by atoms with Gasteiger partial charge in [0.15, 0.2) is 5.96 Å². The lowest BCUT2D eigenvalue weighted by molar-refractivity contribution is -0.129. The molecular formula is C18H35IN4O2. The average molecular weight is 466 g/mol. The first-order chi connectivity index (χ1) is 11.6. The van der Waals surface area contributed by atoms with E-state index in [1.165, 1.54) is 0 Å². The second kappa shape index (κ2) is 11.2. The Labute approximate surface area is 169 Å². The van der Waals surface area contributed by atoms with E-state index in [9.17, 15) is 4.79 Å². The largest absolute Gasteiger partial charge is 0.373 e. The molecule has 7 heteroatoms. The fourth-order valence-corrected chi connectivity index (χ4v) is 3.54. The van der Waals surface area contributed by atoms with Gasteiger partial charge in [0.05, 0.1) is 12.1 Å². The first-order valence-electron chi connectivity index (χ1n) is 9.53. The maximum absolute atomic E-state index is 11.9. The summed E-state index contributed by atoms with van der Waals surface area (Å²) in [5.41, 5.74) is -0.115. The molecule has 2 fully saturated rings. The van der Waals surface area contributed by atoms with Crippen LogP contribution in [0.3, 0.4) is 0 Å². The number of halogens is 1. The van der Waals surface area contributed by atoms with Gasteiger partial charge in [0.1, 0.15) is 0 Å². The third-order valence-electron chi connectivity index (χ3n) is 5.01. The lowest BCUT2D eigenvalue weighted by Crippen LogP contribution is -2.42. The summed E-state index contributed by atoms with van der Waals surface area (Å²) in [5.74, 6) is 1.16. The number of nitrogens with one attached hydrogen (secondary N) is 2. The van der Waals surface area contributed by atoms with Crippen molar-refractivity contribution in [3.8, 4) is 0 Å². The molecule has 2 rings (SSSR count). The molecule has 0 aliphatic carbocycles. The second-order valence-corrected chi connectivity index (χ2v) is 7.07. The Hall–Kier alpha value is -0.570. The van der Waals surface area contributed by atoms with Gasteiger partial charge in [-0.15, -0.1) is 24.0 Å². The second-order valence-electron chi connectivity index (χ2n) is 7.07. The molecule has 0 aromatic carbocycles. The Bertz CT molecular complexity index is 439. The quantitative estimate of drug-likeness (QED) is 0.328. The van der Waals surface area contributed by atoms with Gasteiger partial charge in [-0.2, -0.15) is 0 Å². The van der Waals surface area contributed by atoms with Crippen molar-refractivity contribution in [3.63, 3.8) is 0 Å². The van der Waals surface area contributed by atoms with Crippen molar-refractivity contribution in [2.24, 2.45) is 4.99 Å². The fraction of sp³-hybridized carbons (Fsp3) is 0.889. The van der Waals surface area contributed by atoms with Gasteiger partial charge in [0, 0.05) is 38.7 Å². The number of guanidine groups is 1. The van der Waals surface area contributed by atoms with Crippen molar-refractivity contribution in [2.75, 3.05) is 32.8 Å². The molecule has 0 aromatic heterocycles. The van der Waals surface area contributed by atoms with Crippen molar-refractivity contribution in [3.05, 3.63) is 0 Å². The molecule has 0 spiro atoms. The highest BCUT2D eigenvalue weighted by Crippen LogP contribution is 2.25. The van der Waals surface area contributed by atoms with Gasteiger partial charge in [-0.25, -0.2) is 0 Å². The molecule has 2 saturated heterocycles. The lowest BCUT2D eigenvalue weighted by atomic mass is 10.0. The van der Waals surface area contributed by atoms with Crippen LogP contribution >= 0.6 is 24.0 Å². The van der Waals surface area contributed by atoms with Crippen LogP contribution in [-0.4, -0.2) is 61.2 Å². The SMILES string of the molecule is CCNC(=NCC1(C)CCCO1)NCCC(CC)N1CCCC1=O.I. The van der Waals surface area contributed by atoms with Gasteiger partial charge in [-0.05, 0) is 46.0 Å². The number of ether oxygens (including phenoxy) is 1. The molecule has 1 amide bonds. The minimum Gasteiger partial charge on any atom is -0.373 e. The zero-order valence-electron chi connectivity index (χ0n) is 16.0. The summed E-state index contributed by atoms with van der Waals surface area (Å²) in [7, 11) is 0. The standard InChI is InChI=1S/C18H34N4O2.HI/c1-4-15(22-12-6-8-16(22)23)9-11-20-17(19-5-2)21-14-18(3)10-7-13-24-18;/h15H,4-14H2,1-3H3,(H2,19,20,21);1H. The normalized spacial score (nSPS) is 25.0. The molecule has 0 saturated carbocycles. The zero-order chi connectivity index (χ0) is 17.4. The number of nitrogens with zero attached hydrogens (tertiary/aromatic N) is 2.